The van der Waals surface area contributed by atoms with Crippen molar-refractivity contribution in [1.29, 1.82) is 0 Å². The Morgan fingerprint density at radius 1 is 0.929 bits per heavy atom. The number of aryl methyl sites for hydroxylation is 1. The molecule has 0 radical (unpaired) electrons. The first kappa shape index (κ1) is 20.2. The lowest BCUT2D eigenvalue weighted by molar-refractivity contribution is 0.213. The molecule has 146 valence electrons. The third-order valence-electron chi connectivity index (χ3n) is 4.74. The van der Waals surface area contributed by atoms with Crippen molar-refractivity contribution in [2.75, 3.05) is 13.2 Å². The van der Waals surface area contributed by atoms with Gasteiger partial charge in [0.15, 0.2) is 0 Å². The van der Waals surface area contributed by atoms with Gasteiger partial charge in [0.2, 0.25) is 0 Å². The summed E-state index contributed by atoms with van der Waals surface area (Å²) in [5, 5.41) is 2.09. The molecule has 0 bridgehead atoms. The van der Waals surface area contributed by atoms with Crippen LogP contribution in [0.25, 0.3) is 10.8 Å². The molecule has 2 N–H and O–H groups in total. The Hall–Kier alpha value is -2.59. The molecule has 0 fully saturated rings. The molecule has 0 saturated heterocycles. The summed E-state index contributed by atoms with van der Waals surface area (Å²) in [4.78, 5) is 0.335. The van der Waals surface area contributed by atoms with Crippen molar-refractivity contribution in [1.82, 2.24) is 0 Å². The Morgan fingerprint density at radius 3 is 2.36 bits per heavy atom. The van der Waals surface area contributed by atoms with Crippen molar-refractivity contribution in [2.24, 2.45) is 5.73 Å². The zero-order valence-electron chi connectivity index (χ0n) is 16.9. The predicted molar refractivity (Wildman–Crippen MR) is 121 cm³/mol. The first-order valence-corrected chi connectivity index (χ1v) is 9.87. The zero-order valence-corrected chi connectivity index (χ0v) is 17.7. The maximum atomic E-state index is 6.11. The van der Waals surface area contributed by atoms with E-state index in [1.54, 1.807) is 0 Å². The van der Waals surface area contributed by atoms with Gasteiger partial charge in [-0.1, -0.05) is 81.5 Å². The van der Waals surface area contributed by atoms with Crippen LogP contribution in [0.15, 0.2) is 54.6 Å². The van der Waals surface area contributed by atoms with E-state index in [-0.39, 0.29) is 5.41 Å². The highest BCUT2D eigenvalue weighted by molar-refractivity contribution is 7.80. The molecule has 0 saturated carbocycles. The average molecular weight is 394 g/mol. The summed E-state index contributed by atoms with van der Waals surface area (Å²) >= 11 is 5.27. The van der Waals surface area contributed by atoms with Gasteiger partial charge in [0.1, 0.15) is 29.7 Å². The standard InChI is InChI=1S/C24H27NO2S/c1-16-8-7-11-19(24(2,3)4)22(16)27-15-14-26-20-13-12-17-9-5-6-10-18(17)21(20)23(25)28/h5-13H,14-15H2,1-4H3,(H2,25,28). The van der Waals surface area contributed by atoms with Gasteiger partial charge in [-0.2, -0.15) is 0 Å². The van der Waals surface area contributed by atoms with Gasteiger partial charge in [-0.15, -0.1) is 0 Å². The van der Waals surface area contributed by atoms with Crippen LogP contribution in [0.4, 0.5) is 0 Å². The minimum atomic E-state index is 0.0134. The quantitative estimate of drug-likeness (QED) is 0.441. The summed E-state index contributed by atoms with van der Waals surface area (Å²) in [6.45, 7) is 9.49. The van der Waals surface area contributed by atoms with Crippen molar-refractivity contribution in [3.8, 4) is 11.5 Å². The monoisotopic (exact) mass is 393 g/mol. The molecule has 3 rings (SSSR count). The normalized spacial score (nSPS) is 11.4. The third-order valence-corrected chi connectivity index (χ3v) is 4.95. The van der Waals surface area contributed by atoms with Crippen molar-refractivity contribution in [3.05, 3.63) is 71.3 Å². The largest absolute Gasteiger partial charge is 0.489 e. The molecule has 0 amide bonds. The SMILES string of the molecule is Cc1cccc(C(C)(C)C)c1OCCOc1ccc2ccccc2c1C(N)=S. The lowest BCUT2D eigenvalue weighted by Gasteiger charge is -2.24. The first-order chi connectivity index (χ1) is 13.3. The van der Waals surface area contributed by atoms with E-state index in [1.807, 2.05) is 36.4 Å². The number of nitrogens with two attached hydrogens (primary N) is 1. The molecule has 0 heterocycles. The first-order valence-electron chi connectivity index (χ1n) is 9.46. The van der Waals surface area contributed by atoms with Gasteiger partial charge < -0.3 is 15.2 Å². The maximum Gasteiger partial charge on any atom is 0.130 e. The molecular formula is C24H27NO2S. The second kappa shape index (κ2) is 8.19. The number of thiocarbonyl (C=S) groups is 1. The van der Waals surface area contributed by atoms with E-state index in [2.05, 4.69) is 45.9 Å². The van der Waals surface area contributed by atoms with Gasteiger partial charge in [-0.05, 0) is 40.3 Å². The number of hydrogen-bond donors (Lipinski definition) is 1. The fourth-order valence-electron chi connectivity index (χ4n) is 3.36. The number of fused-ring (bicyclic) bond motifs is 1. The second-order valence-electron chi connectivity index (χ2n) is 7.92. The summed E-state index contributed by atoms with van der Waals surface area (Å²) in [7, 11) is 0. The Balaban J connectivity index is 1.75. The molecule has 28 heavy (non-hydrogen) atoms. The maximum absolute atomic E-state index is 6.11. The van der Waals surface area contributed by atoms with Gasteiger partial charge in [0.05, 0.1) is 5.56 Å². The van der Waals surface area contributed by atoms with Crippen molar-refractivity contribution < 1.29 is 9.47 Å². The van der Waals surface area contributed by atoms with Crippen LogP contribution in [-0.2, 0) is 5.41 Å². The van der Waals surface area contributed by atoms with Crippen LogP contribution in [0.3, 0.4) is 0 Å². The molecule has 4 heteroatoms. The molecule has 0 aliphatic rings. The molecule has 0 aliphatic carbocycles. The Labute approximate surface area is 172 Å². The van der Waals surface area contributed by atoms with Crippen molar-refractivity contribution >= 4 is 28.0 Å². The molecular weight excluding hydrogens is 366 g/mol. The molecule has 3 aromatic carbocycles. The molecule has 0 spiro atoms. The number of ether oxygens (including phenoxy) is 2. The molecule has 3 aromatic rings. The van der Waals surface area contributed by atoms with Crippen molar-refractivity contribution in [3.63, 3.8) is 0 Å². The Morgan fingerprint density at radius 2 is 1.64 bits per heavy atom. The van der Waals surface area contributed by atoms with Crippen LogP contribution < -0.4 is 15.2 Å². The van der Waals surface area contributed by atoms with Crippen LogP contribution in [-0.4, -0.2) is 18.2 Å². The van der Waals surface area contributed by atoms with Crippen LogP contribution >= 0.6 is 12.2 Å². The van der Waals surface area contributed by atoms with Crippen LogP contribution in [0, 0.1) is 6.92 Å². The van der Waals surface area contributed by atoms with E-state index < -0.39 is 0 Å². The zero-order chi connectivity index (χ0) is 20.3. The number of para-hydroxylation sites is 1. The van der Waals surface area contributed by atoms with Crippen LogP contribution in [0.1, 0.15) is 37.5 Å². The highest BCUT2D eigenvalue weighted by Crippen LogP contribution is 2.34. The van der Waals surface area contributed by atoms with E-state index in [9.17, 15) is 0 Å². The van der Waals surface area contributed by atoms with E-state index in [4.69, 9.17) is 27.4 Å². The Kier molecular flexibility index (Phi) is 5.90. The van der Waals surface area contributed by atoms with E-state index >= 15 is 0 Å². The van der Waals surface area contributed by atoms with Gasteiger partial charge in [-0.3, -0.25) is 0 Å². The smallest absolute Gasteiger partial charge is 0.130 e. The fraction of sp³-hybridized carbons (Fsp3) is 0.292. The summed E-state index contributed by atoms with van der Waals surface area (Å²) in [5.41, 5.74) is 9.10. The molecule has 0 aromatic heterocycles. The highest BCUT2D eigenvalue weighted by atomic mass is 32.1. The fourth-order valence-corrected chi connectivity index (χ4v) is 3.57. The van der Waals surface area contributed by atoms with Crippen LogP contribution in [0.5, 0.6) is 11.5 Å². The minimum Gasteiger partial charge on any atom is -0.489 e. The summed E-state index contributed by atoms with van der Waals surface area (Å²) in [6.07, 6.45) is 0. The van der Waals surface area contributed by atoms with Gasteiger partial charge in [-0.25, -0.2) is 0 Å². The second-order valence-corrected chi connectivity index (χ2v) is 8.36. The van der Waals surface area contributed by atoms with Gasteiger partial charge in [0.25, 0.3) is 0 Å². The van der Waals surface area contributed by atoms with Gasteiger partial charge in [0, 0.05) is 0 Å². The lowest BCUT2D eigenvalue weighted by atomic mass is 9.85. The van der Waals surface area contributed by atoms with Gasteiger partial charge >= 0.3 is 0 Å². The number of hydrogen-bond acceptors (Lipinski definition) is 3. The predicted octanol–water partition coefficient (Wildman–Crippen LogP) is 5.54. The van der Waals surface area contributed by atoms with E-state index in [1.165, 1.54) is 5.56 Å². The molecule has 0 atom stereocenters. The topological polar surface area (TPSA) is 44.5 Å². The molecule has 0 unspecified atom stereocenters. The third kappa shape index (κ3) is 4.28. The molecule has 0 aliphatic heterocycles. The van der Waals surface area contributed by atoms with Crippen molar-refractivity contribution in [2.45, 2.75) is 33.1 Å². The lowest BCUT2D eigenvalue weighted by Crippen LogP contribution is -2.18. The minimum absolute atomic E-state index is 0.0134. The van der Waals surface area contributed by atoms with E-state index in [0.29, 0.717) is 24.0 Å². The molecule has 3 nitrogen and oxygen atoms in total. The number of benzene rings is 3. The number of rotatable bonds is 6. The summed E-state index contributed by atoms with van der Waals surface area (Å²) in [5.74, 6) is 1.63. The summed E-state index contributed by atoms with van der Waals surface area (Å²) in [6, 6.07) is 18.2. The van der Waals surface area contributed by atoms with Crippen LogP contribution in [0.2, 0.25) is 0 Å². The highest BCUT2D eigenvalue weighted by Gasteiger charge is 2.20. The average Bonchev–Trinajstić information content (AvgIpc) is 2.64. The Bertz CT molecular complexity index is 1010. The van der Waals surface area contributed by atoms with E-state index in [0.717, 1.165) is 27.6 Å². The summed E-state index contributed by atoms with van der Waals surface area (Å²) < 4.78 is 12.1.